The summed E-state index contributed by atoms with van der Waals surface area (Å²) in [5.41, 5.74) is 1.19. The van der Waals surface area contributed by atoms with Crippen molar-refractivity contribution in [1.29, 1.82) is 0 Å². The van der Waals surface area contributed by atoms with Crippen LogP contribution in [0.1, 0.15) is 19.4 Å². The number of hydrogen-bond acceptors (Lipinski definition) is 6. The Morgan fingerprint density at radius 1 is 1.07 bits per heavy atom. The third-order valence-electron chi connectivity index (χ3n) is 5.02. The van der Waals surface area contributed by atoms with E-state index in [1.54, 1.807) is 43.9 Å². The van der Waals surface area contributed by atoms with Gasteiger partial charge in [0, 0.05) is 45.0 Å². The lowest BCUT2D eigenvalue weighted by atomic mass is 10.2. The zero-order chi connectivity index (χ0) is 21.8. The summed E-state index contributed by atoms with van der Waals surface area (Å²) in [7, 11) is -6.84. The summed E-state index contributed by atoms with van der Waals surface area (Å²) in [6.45, 7) is 7.33. The first-order valence-electron chi connectivity index (χ1n) is 9.58. The van der Waals surface area contributed by atoms with Crippen molar-refractivity contribution < 1.29 is 21.6 Å². The van der Waals surface area contributed by atoms with E-state index >= 15 is 0 Å². The van der Waals surface area contributed by atoms with Gasteiger partial charge >= 0.3 is 0 Å². The van der Waals surface area contributed by atoms with Crippen molar-refractivity contribution in [3.63, 3.8) is 0 Å². The van der Waals surface area contributed by atoms with Gasteiger partial charge in [0.25, 0.3) is 0 Å². The van der Waals surface area contributed by atoms with Crippen molar-refractivity contribution in [3.05, 3.63) is 23.8 Å². The first kappa shape index (κ1) is 23.6. The Morgan fingerprint density at radius 2 is 1.66 bits per heavy atom. The Kier molecular flexibility index (Phi) is 7.66. The van der Waals surface area contributed by atoms with Crippen LogP contribution in [-0.2, 0) is 24.8 Å². The maximum absolute atomic E-state index is 12.8. The van der Waals surface area contributed by atoms with Crippen LogP contribution in [0.2, 0.25) is 0 Å². The largest absolute Gasteiger partial charge is 0.376 e. The maximum Gasteiger partial charge on any atom is 0.243 e. The van der Waals surface area contributed by atoms with Gasteiger partial charge < -0.3 is 10.2 Å². The number of amides is 1. The molecule has 0 radical (unpaired) electrons. The van der Waals surface area contributed by atoms with E-state index in [1.807, 2.05) is 0 Å². The van der Waals surface area contributed by atoms with E-state index in [1.165, 1.54) is 8.61 Å². The molecule has 29 heavy (non-hydrogen) atoms. The van der Waals surface area contributed by atoms with E-state index in [4.69, 9.17) is 0 Å². The normalized spacial score (nSPS) is 16.2. The van der Waals surface area contributed by atoms with Crippen LogP contribution in [0.25, 0.3) is 0 Å². The fourth-order valence-electron chi connectivity index (χ4n) is 3.25. The molecular weight excluding hydrogens is 416 g/mol. The number of benzene rings is 1. The Hall–Kier alpha value is -1.69. The smallest absolute Gasteiger partial charge is 0.243 e. The molecule has 0 spiro atoms. The first-order valence-corrected chi connectivity index (χ1v) is 12.9. The summed E-state index contributed by atoms with van der Waals surface area (Å²) in [4.78, 5) is 14.3. The predicted molar refractivity (Wildman–Crippen MR) is 113 cm³/mol. The minimum Gasteiger partial charge on any atom is -0.376 e. The number of anilines is 1. The topological polar surface area (TPSA) is 107 Å². The van der Waals surface area contributed by atoms with Gasteiger partial charge in [-0.1, -0.05) is 19.9 Å². The van der Waals surface area contributed by atoms with Gasteiger partial charge in [-0.05, 0) is 24.6 Å². The van der Waals surface area contributed by atoms with Crippen LogP contribution in [-0.4, -0.2) is 88.3 Å². The molecule has 1 aliphatic rings. The number of rotatable bonds is 8. The Labute approximate surface area is 173 Å². The molecule has 0 atom stereocenters. The van der Waals surface area contributed by atoms with Gasteiger partial charge in [0.1, 0.15) is 0 Å². The number of nitrogens with zero attached hydrogens (tertiary/aromatic N) is 3. The standard InChI is InChI=1S/C18H30N4O5S2/c1-5-21(6-2)29(26,27)17-13-16(8-7-15(17)3)19-14-18(23)20-9-11-22(12-10-20)28(4,24)25/h7-8,13,19H,5-6,9-12,14H2,1-4H3. The van der Waals surface area contributed by atoms with Crippen molar-refractivity contribution >= 4 is 31.6 Å². The number of aryl methyl sites for hydroxylation is 1. The molecule has 1 saturated heterocycles. The molecule has 1 N–H and O–H groups in total. The van der Waals surface area contributed by atoms with E-state index < -0.39 is 20.0 Å². The second kappa shape index (κ2) is 9.41. The van der Waals surface area contributed by atoms with Crippen LogP contribution in [0, 0.1) is 6.92 Å². The number of piperazine rings is 1. The summed E-state index contributed by atoms with van der Waals surface area (Å²) in [6, 6.07) is 5.01. The van der Waals surface area contributed by atoms with Gasteiger partial charge in [0.05, 0.1) is 17.7 Å². The molecule has 1 aliphatic heterocycles. The van der Waals surface area contributed by atoms with Gasteiger partial charge in [0.2, 0.25) is 26.0 Å². The van der Waals surface area contributed by atoms with Crippen molar-refractivity contribution in [2.45, 2.75) is 25.7 Å². The summed E-state index contributed by atoms with van der Waals surface area (Å²) >= 11 is 0. The average Bonchev–Trinajstić information content (AvgIpc) is 2.67. The molecule has 9 nitrogen and oxygen atoms in total. The quantitative estimate of drug-likeness (QED) is 0.625. The van der Waals surface area contributed by atoms with Gasteiger partial charge in [0.15, 0.2) is 0 Å². The number of carbonyl (C=O) groups excluding carboxylic acids is 1. The van der Waals surface area contributed by atoms with Crippen molar-refractivity contribution in [2.24, 2.45) is 0 Å². The highest BCUT2D eigenvalue weighted by atomic mass is 32.2. The number of nitrogens with one attached hydrogen (secondary N) is 1. The van der Waals surface area contributed by atoms with Crippen molar-refractivity contribution in [2.75, 3.05) is 57.4 Å². The molecule has 0 bridgehead atoms. The van der Waals surface area contributed by atoms with Crippen molar-refractivity contribution in [1.82, 2.24) is 13.5 Å². The Morgan fingerprint density at radius 3 is 2.17 bits per heavy atom. The van der Waals surface area contributed by atoms with Crippen LogP contribution in [0.3, 0.4) is 0 Å². The molecule has 1 amide bonds. The highest BCUT2D eigenvalue weighted by Gasteiger charge is 2.26. The van der Waals surface area contributed by atoms with Gasteiger partial charge in [-0.15, -0.1) is 0 Å². The fourth-order valence-corrected chi connectivity index (χ4v) is 5.78. The molecule has 2 rings (SSSR count). The number of sulfonamides is 2. The lowest BCUT2D eigenvalue weighted by Gasteiger charge is -2.33. The molecule has 1 heterocycles. The summed E-state index contributed by atoms with van der Waals surface area (Å²) in [5, 5.41) is 2.99. The van der Waals surface area contributed by atoms with E-state index in [2.05, 4.69) is 5.32 Å². The van der Waals surface area contributed by atoms with Crippen LogP contribution < -0.4 is 5.32 Å². The minimum atomic E-state index is -3.60. The second-order valence-electron chi connectivity index (χ2n) is 6.97. The van der Waals surface area contributed by atoms with Gasteiger partial charge in [-0.3, -0.25) is 4.79 Å². The third-order valence-corrected chi connectivity index (χ3v) is 8.51. The first-order chi connectivity index (χ1) is 13.5. The van der Waals surface area contributed by atoms with E-state index in [9.17, 15) is 21.6 Å². The van der Waals surface area contributed by atoms with Crippen LogP contribution in [0.5, 0.6) is 0 Å². The maximum atomic E-state index is 12.8. The SMILES string of the molecule is CCN(CC)S(=O)(=O)c1cc(NCC(=O)N2CCN(S(C)(=O)=O)CC2)ccc1C. The molecule has 0 aliphatic carbocycles. The molecule has 1 fully saturated rings. The van der Waals surface area contributed by atoms with Gasteiger partial charge in [-0.25, -0.2) is 16.8 Å². The molecular formula is C18H30N4O5S2. The van der Waals surface area contributed by atoms with Crippen LogP contribution >= 0.6 is 0 Å². The lowest BCUT2D eigenvalue weighted by molar-refractivity contribution is -0.130. The number of hydrogen-bond donors (Lipinski definition) is 1. The summed E-state index contributed by atoms with van der Waals surface area (Å²) < 4.78 is 51.5. The monoisotopic (exact) mass is 446 g/mol. The lowest BCUT2D eigenvalue weighted by Crippen LogP contribution is -2.51. The average molecular weight is 447 g/mol. The zero-order valence-electron chi connectivity index (χ0n) is 17.4. The van der Waals surface area contributed by atoms with Crippen LogP contribution in [0.4, 0.5) is 5.69 Å². The molecule has 1 aromatic carbocycles. The Balaban J connectivity index is 2.04. The molecule has 0 unspecified atom stereocenters. The van der Waals surface area contributed by atoms with Gasteiger partial charge in [-0.2, -0.15) is 8.61 Å². The highest BCUT2D eigenvalue weighted by Crippen LogP contribution is 2.23. The second-order valence-corrected chi connectivity index (χ2v) is 10.9. The Bertz CT molecular complexity index is 935. The molecule has 11 heteroatoms. The summed E-state index contributed by atoms with van der Waals surface area (Å²) in [5.74, 6) is -0.160. The minimum absolute atomic E-state index is 0.00664. The van der Waals surface area contributed by atoms with Crippen LogP contribution in [0.15, 0.2) is 23.1 Å². The molecule has 0 aromatic heterocycles. The summed E-state index contributed by atoms with van der Waals surface area (Å²) in [6.07, 6.45) is 1.16. The fraction of sp³-hybridized carbons (Fsp3) is 0.611. The number of carbonyl (C=O) groups is 1. The molecule has 0 saturated carbocycles. The van der Waals surface area contributed by atoms with Crippen molar-refractivity contribution in [3.8, 4) is 0 Å². The van der Waals surface area contributed by atoms with E-state index in [0.717, 1.165) is 6.26 Å². The predicted octanol–water partition coefficient (Wildman–Crippen LogP) is 0.541. The van der Waals surface area contributed by atoms with E-state index in [0.29, 0.717) is 37.4 Å². The zero-order valence-corrected chi connectivity index (χ0v) is 19.0. The van der Waals surface area contributed by atoms with E-state index in [-0.39, 0.29) is 30.4 Å². The molecule has 164 valence electrons. The highest BCUT2D eigenvalue weighted by molar-refractivity contribution is 7.89. The molecule has 1 aromatic rings. The third kappa shape index (κ3) is 5.68.